The molecular weight excluding hydrogens is 298 g/mol. The molecule has 0 aliphatic rings. The molecular formula is C18H18ClNS. The molecule has 1 N–H and O–H groups in total. The van der Waals surface area contributed by atoms with Crippen molar-refractivity contribution in [3.63, 3.8) is 0 Å². The molecule has 0 saturated heterocycles. The Morgan fingerprint density at radius 2 is 1.95 bits per heavy atom. The summed E-state index contributed by atoms with van der Waals surface area (Å²) >= 11 is 8.02. The number of fused-ring (bicyclic) bond motifs is 1. The highest BCUT2D eigenvalue weighted by atomic mass is 35.5. The second-order valence-electron chi connectivity index (χ2n) is 5.48. The van der Waals surface area contributed by atoms with Crippen LogP contribution in [-0.4, -0.2) is 6.04 Å². The quantitative estimate of drug-likeness (QED) is 0.649. The Labute approximate surface area is 134 Å². The number of hydrogen-bond donors (Lipinski definition) is 1. The Morgan fingerprint density at radius 3 is 2.76 bits per heavy atom. The van der Waals surface area contributed by atoms with E-state index < -0.39 is 0 Å². The van der Waals surface area contributed by atoms with Gasteiger partial charge in [-0.2, -0.15) is 0 Å². The van der Waals surface area contributed by atoms with Gasteiger partial charge in [0, 0.05) is 22.3 Å². The van der Waals surface area contributed by atoms with Crippen LogP contribution in [0, 0.1) is 0 Å². The lowest BCUT2D eigenvalue weighted by Gasteiger charge is -2.14. The average Bonchev–Trinajstić information content (AvgIpc) is 2.94. The fourth-order valence-corrected chi connectivity index (χ4v) is 3.57. The smallest absolute Gasteiger partial charge is 0.0421 e. The molecule has 2 aromatic carbocycles. The zero-order chi connectivity index (χ0) is 14.8. The number of thiophene rings is 1. The molecule has 0 amide bonds. The highest BCUT2D eigenvalue weighted by Crippen LogP contribution is 2.35. The van der Waals surface area contributed by atoms with Crippen LogP contribution in [0.25, 0.3) is 21.2 Å². The van der Waals surface area contributed by atoms with E-state index in [-0.39, 0.29) is 0 Å². The molecule has 1 aromatic heterocycles. The Morgan fingerprint density at radius 1 is 1.10 bits per heavy atom. The van der Waals surface area contributed by atoms with Crippen molar-refractivity contribution < 1.29 is 0 Å². The largest absolute Gasteiger partial charge is 0.310 e. The van der Waals surface area contributed by atoms with Crippen molar-refractivity contribution in [2.45, 2.75) is 26.4 Å². The lowest BCUT2D eigenvalue weighted by atomic mass is 9.98. The van der Waals surface area contributed by atoms with Gasteiger partial charge >= 0.3 is 0 Å². The third kappa shape index (κ3) is 3.13. The van der Waals surface area contributed by atoms with Crippen molar-refractivity contribution in [2.24, 2.45) is 0 Å². The van der Waals surface area contributed by atoms with Crippen LogP contribution >= 0.6 is 22.9 Å². The van der Waals surface area contributed by atoms with Crippen LogP contribution in [0.3, 0.4) is 0 Å². The Balaban J connectivity index is 2.12. The van der Waals surface area contributed by atoms with Gasteiger partial charge in [-0.3, -0.25) is 0 Å². The van der Waals surface area contributed by atoms with E-state index in [9.17, 15) is 0 Å². The van der Waals surface area contributed by atoms with Crippen LogP contribution in [-0.2, 0) is 6.54 Å². The molecule has 21 heavy (non-hydrogen) atoms. The molecule has 0 fully saturated rings. The minimum Gasteiger partial charge on any atom is -0.310 e. The molecule has 108 valence electrons. The molecule has 0 radical (unpaired) electrons. The zero-order valence-corrected chi connectivity index (χ0v) is 13.8. The molecule has 0 saturated carbocycles. The molecule has 0 spiro atoms. The van der Waals surface area contributed by atoms with E-state index in [0.29, 0.717) is 6.04 Å². The topological polar surface area (TPSA) is 12.0 Å². The highest BCUT2D eigenvalue weighted by molar-refractivity contribution is 7.17. The average molecular weight is 316 g/mol. The van der Waals surface area contributed by atoms with Gasteiger partial charge in [-0.1, -0.05) is 49.7 Å². The zero-order valence-electron chi connectivity index (χ0n) is 12.2. The molecule has 3 heteroatoms. The third-order valence-corrected chi connectivity index (χ3v) is 4.74. The van der Waals surface area contributed by atoms with Crippen molar-refractivity contribution in [3.8, 4) is 11.1 Å². The minimum absolute atomic E-state index is 0.464. The first-order valence-electron chi connectivity index (χ1n) is 7.13. The van der Waals surface area contributed by atoms with Gasteiger partial charge in [0.05, 0.1) is 0 Å². The van der Waals surface area contributed by atoms with E-state index in [1.807, 2.05) is 6.07 Å². The molecule has 3 aromatic rings. The first-order chi connectivity index (χ1) is 10.1. The Kier molecular flexibility index (Phi) is 4.29. The lowest BCUT2D eigenvalue weighted by molar-refractivity contribution is 0.589. The van der Waals surface area contributed by atoms with Crippen molar-refractivity contribution in [2.75, 3.05) is 0 Å². The normalized spacial score (nSPS) is 11.4. The van der Waals surface area contributed by atoms with E-state index in [1.54, 1.807) is 11.3 Å². The van der Waals surface area contributed by atoms with Crippen molar-refractivity contribution in [3.05, 3.63) is 58.4 Å². The maximum Gasteiger partial charge on any atom is 0.0421 e. The first-order valence-corrected chi connectivity index (χ1v) is 8.39. The molecule has 1 nitrogen and oxygen atoms in total. The van der Waals surface area contributed by atoms with Gasteiger partial charge in [0.2, 0.25) is 0 Å². The van der Waals surface area contributed by atoms with Crippen LogP contribution in [0.15, 0.2) is 47.8 Å². The van der Waals surface area contributed by atoms with Crippen LogP contribution in [0.2, 0.25) is 5.02 Å². The predicted octanol–water partition coefficient (Wildman–Crippen LogP) is 5.72. The predicted molar refractivity (Wildman–Crippen MR) is 94.2 cm³/mol. The van der Waals surface area contributed by atoms with Gasteiger partial charge in [-0.15, -0.1) is 11.3 Å². The summed E-state index contributed by atoms with van der Waals surface area (Å²) in [6.45, 7) is 5.18. The van der Waals surface area contributed by atoms with Crippen LogP contribution < -0.4 is 5.32 Å². The van der Waals surface area contributed by atoms with Crippen molar-refractivity contribution >= 4 is 33.0 Å². The van der Waals surface area contributed by atoms with E-state index >= 15 is 0 Å². The molecule has 0 aliphatic carbocycles. The van der Waals surface area contributed by atoms with Crippen LogP contribution in [0.5, 0.6) is 0 Å². The van der Waals surface area contributed by atoms with Crippen LogP contribution in [0.1, 0.15) is 19.4 Å². The van der Waals surface area contributed by atoms with Crippen molar-refractivity contribution in [1.82, 2.24) is 5.32 Å². The second kappa shape index (κ2) is 6.18. The summed E-state index contributed by atoms with van der Waals surface area (Å²) in [6, 6.07) is 15.3. The van der Waals surface area contributed by atoms with E-state index in [4.69, 9.17) is 11.6 Å². The summed E-state index contributed by atoms with van der Waals surface area (Å²) in [4.78, 5) is 0. The maximum atomic E-state index is 6.24. The molecule has 0 unspecified atom stereocenters. The lowest BCUT2D eigenvalue weighted by Crippen LogP contribution is -2.22. The maximum absolute atomic E-state index is 6.24. The van der Waals surface area contributed by atoms with Gasteiger partial charge in [-0.05, 0) is 45.7 Å². The summed E-state index contributed by atoms with van der Waals surface area (Å²) in [5, 5.41) is 7.71. The van der Waals surface area contributed by atoms with Crippen molar-refractivity contribution in [1.29, 1.82) is 0 Å². The fraction of sp³-hybridized carbons (Fsp3) is 0.222. The Bertz CT molecular complexity index is 761. The van der Waals surface area contributed by atoms with Gasteiger partial charge < -0.3 is 5.32 Å². The molecule has 0 bridgehead atoms. The van der Waals surface area contributed by atoms with Gasteiger partial charge in [0.1, 0.15) is 0 Å². The third-order valence-electron chi connectivity index (χ3n) is 3.54. The number of benzene rings is 2. The highest BCUT2D eigenvalue weighted by Gasteiger charge is 2.10. The van der Waals surface area contributed by atoms with Gasteiger partial charge in [0.25, 0.3) is 0 Å². The first kappa shape index (κ1) is 14.6. The molecule has 0 atom stereocenters. The fourth-order valence-electron chi connectivity index (χ4n) is 2.47. The summed E-state index contributed by atoms with van der Waals surface area (Å²) in [7, 11) is 0. The molecule has 1 heterocycles. The monoisotopic (exact) mass is 315 g/mol. The molecule has 3 rings (SSSR count). The molecule has 0 aliphatic heterocycles. The number of halogens is 1. The second-order valence-corrected chi connectivity index (χ2v) is 6.83. The van der Waals surface area contributed by atoms with E-state index in [0.717, 1.165) is 11.6 Å². The summed E-state index contributed by atoms with van der Waals surface area (Å²) in [5.41, 5.74) is 3.78. The standard InChI is InChI=1S/C18H18ClNS/c1-12(2)20-11-14-6-7-15(19)10-17(14)16-5-3-4-13-8-9-21-18(13)16/h3-10,12,20H,11H2,1-2H3. The minimum atomic E-state index is 0.464. The number of rotatable bonds is 4. The van der Waals surface area contributed by atoms with E-state index in [2.05, 4.69) is 60.9 Å². The number of nitrogens with one attached hydrogen (secondary N) is 1. The van der Waals surface area contributed by atoms with Gasteiger partial charge in [-0.25, -0.2) is 0 Å². The summed E-state index contributed by atoms with van der Waals surface area (Å²) in [6.07, 6.45) is 0. The van der Waals surface area contributed by atoms with Gasteiger partial charge in [0.15, 0.2) is 0 Å². The van der Waals surface area contributed by atoms with Crippen LogP contribution in [0.4, 0.5) is 0 Å². The summed E-state index contributed by atoms with van der Waals surface area (Å²) in [5.74, 6) is 0. The number of hydrogen-bond acceptors (Lipinski definition) is 2. The Hall–Kier alpha value is -1.35. The summed E-state index contributed by atoms with van der Waals surface area (Å²) < 4.78 is 1.32. The van der Waals surface area contributed by atoms with E-state index in [1.165, 1.54) is 26.8 Å². The SMILES string of the molecule is CC(C)NCc1ccc(Cl)cc1-c1cccc2ccsc12.